The lowest BCUT2D eigenvalue weighted by molar-refractivity contribution is -0.135. The molecule has 1 aromatic carbocycles. The van der Waals surface area contributed by atoms with E-state index >= 15 is 0 Å². The normalized spacial score (nSPS) is 10.8. The average molecular weight is 228 g/mol. The predicted molar refractivity (Wildman–Crippen MR) is 64.9 cm³/mol. The number of carboxylic acid groups (broad SMARTS) is 1. The Morgan fingerprint density at radius 1 is 1.47 bits per heavy atom. The summed E-state index contributed by atoms with van der Waals surface area (Å²) in [5.74, 6) is -0.827. The number of aromatic nitrogens is 2. The largest absolute Gasteiger partial charge is 0.481 e. The van der Waals surface area contributed by atoms with Crippen LogP contribution in [0.2, 0.25) is 0 Å². The van der Waals surface area contributed by atoms with Gasteiger partial charge in [-0.3, -0.25) is 4.79 Å². The van der Waals surface area contributed by atoms with Gasteiger partial charge in [0, 0.05) is 18.1 Å². The lowest BCUT2D eigenvalue weighted by Crippen LogP contribution is -1.91. The van der Waals surface area contributed by atoms with Crippen molar-refractivity contribution in [2.75, 3.05) is 0 Å². The molecule has 0 unspecified atom stereocenters. The number of hydrogen-bond acceptors (Lipinski definition) is 2. The third kappa shape index (κ3) is 3.04. The summed E-state index contributed by atoms with van der Waals surface area (Å²) in [7, 11) is 0. The fourth-order valence-electron chi connectivity index (χ4n) is 1.50. The zero-order valence-corrected chi connectivity index (χ0v) is 9.15. The summed E-state index contributed by atoms with van der Waals surface area (Å²) in [6.45, 7) is 0. The van der Waals surface area contributed by atoms with Gasteiger partial charge in [-0.05, 0) is 17.7 Å². The molecule has 2 aromatic rings. The predicted octanol–water partition coefficient (Wildman–Crippen LogP) is 2.36. The summed E-state index contributed by atoms with van der Waals surface area (Å²) in [5.41, 5.74) is 1.97. The summed E-state index contributed by atoms with van der Waals surface area (Å²) >= 11 is 0. The fourth-order valence-corrected chi connectivity index (χ4v) is 1.50. The Kier molecular flexibility index (Phi) is 3.35. The Bertz CT molecular complexity index is 530. The molecule has 17 heavy (non-hydrogen) atoms. The van der Waals surface area contributed by atoms with Crippen LogP contribution in [0.4, 0.5) is 0 Å². The van der Waals surface area contributed by atoms with E-state index in [9.17, 15) is 4.79 Å². The smallest absolute Gasteiger partial charge is 0.307 e. The molecule has 1 N–H and O–H groups in total. The number of nitrogens with zero attached hydrogens (tertiary/aromatic N) is 2. The van der Waals surface area contributed by atoms with Crippen molar-refractivity contribution in [3.8, 4) is 5.69 Å². The molecule has 0 saturated heterocycles. The molecule has 0 spiro atoms. The maximum atomic E-state index is 10.4. The van der Waals surface area contributed by atoms with E-state index in [1.165, 1.54) is 0 Å². The highest BCUT2D eigenvalue weighted by Gasteiger charge is 1.96. The van der Waals surface area contributed by atoms with E-state index in [4.69, 9.17) is 5.11 Å². The molecule has 0 bridgehead atoms. The molecule has 86 valence electrons. The molecule has 1 aromatic heterocycles. The molecule has 4 heteroatoms. The van der Waals surface area contributed by atoms with Gasteiger partial charge in [-0.2, -0.15) is 0 Å². The Balaban J connectivity index is 2.17. The van der Waals surface area contributed by atoms with Gasteiger partial charge in [0.1, 0.15) is 0 Å². The molecule has 1 heterocycles. The van der Waals surface area contributed by atoms with Crippen molar-refractivity contribution in [2.24, 2.45) is 0 Å². The zero-order valence-electron chi connectivity index (χ0n) is 9.15. The molecule has 0 aliphatic carbocycles. The number of imidazole rings is 1. The standard InChI is InChI=1S/C13H12N2O2/c16-13(17)6-2-4-11-3-1-5-12(9-11)15-8-7-14-10-15/h1-5,7-10H,6H2,(H,16,17)/b4-2+. The maximum Gasteiger partial charge on any atom is 0.307 e. The van der Waals surface area contributed by atoms with Gasteiger partial charge in [0.25, 0.3) is 0 Å². The average Bonchev–Trinajstić information content (AvgIpc) is 2.82. The third-order valence-electron chi connectivity index (χ3n) is 2.28. The summed E-state index contributed by atoms with van der Waals surface area (Å²) in [4.78, 5) is 14.4. The lowest BCUT2D eigenvalue weighted by Gasteiger charge is -2.02. The van der Waals surface area contributed by atoms with Crippen LogP contribution < -0.4 is 0 Å². The highest BCUT2D eigenvalue weighted by Crippen LogP contribution is 2.11. The number of benzene rings is 1. The molecule has 0 fully saturated rings. The first kappa shape index (κ1) is 11.1. The molecule has 0 amide bonds. The Morgan fingerprint density at radius 3 is 3.06 bits per heavy atom. The van der Waals surface area contributed by atoms with Crippen LogP contribution >= 0.6 is 0 Å². The van der Waals surface area contributed by atoms with Crippen LogP contribution in [0.1, 0.15) is 12.0 Å². The van der Waals surface area contributed by atoms with Gasteiger partial charge in [-0.1, -0.05) is 24.3 Å². The summed E-state index contributed by atoms with van der Waals surface area (Å²) in [6, 6.07) is 7.80. The third-order valence-corrected chi connectivity index (χ3v) is 2.28. The van der Waals surface area contributed by atoms with Gasteiger partial charge in [-0.25, -0.2) is 4.98 Å². The second kappa shape index (κ2) is 5.12. The van der Waals surface area contributed by atoms with Crippen molar-refractivity contribution in [3.05, 3.63) is 54.6 Å². The molecule has 0 aliphatic heterocycles. The minimum absolute atomic E-state index is 0.0370. The zero-order chi connectivity index (χ0) is 12.1. The van der Waals surface area contributed by atoms with E-state index in [1.807, 2.05) is 35.0 Å². The second-order valence-corrected chi connectivity index (χ2v) is 3.57. The van der Waals surface area contributed by atoms with Crippen LogP contribution in [0, 0.1) is 0 Å². The molecule has 0 saturated carbocycles. The van der Waals surface area contributed by atoms with Crippen molar-refractivity contribution >= 4 is 12.0 Å². The number of carboxylic acids is 1. The van der Waals surface area contributed by atoms with Gasteiger partial charge in [0.2, 0.25) is 0 Å². The minimum atomic E-state index is -0.827. The summed E-state index contributed by atoms with van der Waals surface area (Å²) < 4.78 is 1.90. The van der Waals surface area contributed by atoms with Gasteiger partial charge in [0.15, 0.2) is 0 Å². The Morgan fingerprint density at radius 2 is 2.35 bits per heavy atom. The number of carbonyl (C=O) groups is 1. The number of aliphatic carboxylic acids is 1. The topological polar surface area (TPSA) is 55.1 Å². The van der Waals surface area contributed by atoms with E-state index in [2.05, 4.69) is 4.98 Å². The van der Waals surface area contributed by atoms with Crippen LogP contribution in [-0.2, 0) is 4.79 Å². The van der Waals surface area contributed by atoms with Gasteiger partial charge < -0.3 is 9.67 Å². The highest BCUT2D eigenvalue weighted by molar-refractivity contribution is 5.70. The Hall–Kier alpha value is -2.36. The molecule has 0 aliphatic rings. The first-order valence-electron chi connectivity index (χ1n) is 5.22. The molecule has 2 rings (SSSR count). The molecular formula is C13H12N2O2. The van der Waals surface area contributed by atoms with Crippen LogP contribution in [0.5, 0.6) is 0 Å². The Labute approximate surface area is 98.9 Å². The maximum absolute atomic E-state index is 10.4. The van der Waals surface area contributed by atoms with Crippen molar-refractivity contribution in [2.45, 2.75) is 6.42 Å². The monoisotopic (exact) mass is 228 g/mol. The summed E-state index contributed by atoms with van der Waals surface area (Å²) in [6.07, 6.45) is 8.77. The van der Waals surface area contributed by atoms with Gasteiger partial charge in [-0.15, -0.1) is 0 Å². The quantitative estimate of drug-likeness (QED) is 0.873. The van der Waals surface area contributed by atoms with Crippen molar-refractivity contribution < 1.29 is 9.90 Å². The first-order chi connectivity index (χ1) is 8.25. The minimum Gasteiger partial charge on any atom is -0.481 e. The highest BCUT2D eigenvalue weighted by atomic mass is 16.4. The van der Waals surface area contributed by atoms with E-state index in [0.29, 0.717) is 0 Å². The van der Waals surface area contributed by atoms with Crippen LogP contribution in [0.3, 0.4) is 0 Å². The van der Waals surface area contributed by atoms with Crippen molar-refractivity contribution in [3.63, 3.8) is 0 Å². The molecule has 4 nitrogen and oxygen atoms in total. The van der Waals surface area contributed by atoms with Gasteiger partial charge >= 0.3 is 5.97 Å². The fraction of sp³-hybridized carbons (Fsp3) is 0.0769. The molecular weight excluding hydrogens is 216 g/mol. The second-order valence-electron chi connectivity index (χ2n) is 3.57. The van der Waals surface area contributed by atoms with Crippen LogP contribution in [-0.4, -0.2) is 20.6 Å². The molecule has 0 radical (unpaired) electrons. The van der Waals surface area contributed by atoms with Crippen molar-refractivity contribution in [1.82, 2.24) is 9.55 Å². The summed E-state index contributed by atoms with van der Waals surface area (Å²) in [5, 5.41) is 8.53. The SMILES string of the molecule is O=C(O)C/C=C/c1cccc(-n2ccnc2)c1. The van der Waals surface area contributed by atoms with Crippen molar-refractivity contribution in [1.29, 1.82) is 0 Å². The van der Waals surface area contributed by atoms with E-state index in [-0.39, 0.29) is 6.42 Å². The number of hydrogen-bond donors (Lipinski definition) is 1. The van der Waals surface area contributed by atoms with E-state index in [0.717, 1.165) is 11.3 Å². The van der Waals surface area contributed by atoms with E-state index < -0.39 is 5.97 Å². The van der Waals surface area contributed by atoms with E-state index in [1.54, 1.807) is 24.7 Å². The van der Waals surface area contributed by atoms with Gasteiger partial charge in [0.05, 0.1) is 12.7 Å². The van der Waals surface area contributed by atoms with Crippen LogP contribution in [0.15, 0.2) is 49.1 Å². The molecule has 0 atom stereocenters. The first-order valence-corrected chi connectivity index (χ1v) is 5.22. The lowest BCUT2D eigenvalue weighted by atomic mass is 10.2. The number of rotatable bonds is 4. The van der Waals surface area contributed by atoms with Crippen LogP contribution in [0.25, 0.3) is 11.8 Å².